The van der Waals surface area contributed by atoms with Crippen LogP contribution in [0.5, 0.6) is 0 Å². The number of hydrogen-bond donors (Lipinski definition) is 1. The monoisotopic (exact) mass is 386 g/mol. The molecule has 144 valence electrons. The molecule has 0 bridgehead atoms. The fourth-order valence-corrected chi connectivity index (χ4v) is 4.09. The van der Waals surface area contributed by atoms with Crippen molar-refractivity contribution in [2.45, 2.75) is 53.2 Å². The van der Waals surface area contributed by atoms with Gasteiger partial charge >= 0.3 is 0 Å². The van der Waals surface area contributed by atoms with Crippen molar-refractivity contribution in [3.8, 4) is 0 Å². The predicted octanol–water partition coefficient (Wildman–Crippen LogP) is 3.38. The minimum absolute atomic E-state index is 0.0225. The van der Waals surface area contributed by atoms with Crippen LogP contribution in [0.2, 0.25) is 0 Å². The van der Waals surface area contributed by atoms with Crippen molar-refractivity contribution in [2.24, 2.45) is 11.8 Å². The Balaban J connectivity index is 1.59. The molecule has 27 heavy (non-hydrogen) atoms. The van der Waals surface area contributed by atoms with Crippen molar-refractivity contribution >= 4 is 23.5 Å². The molecule has 2 amide bonds. The van der Waals surface area contributed by atoms with Gasteiger partial charge in [0.2, 0.25) is 5.91 Å². The standard InChI is InChI=1S/C20H26N4O2S/c1-4-15(5-2)13(3)19(25)21-9-14-6-7-16-11-24(12-17(16)8-14)20(26)18-10-22-27-23-18/h6-8,10,13,15H,4-5,9,11-12H2,1-3H3,(H,21,25). The molecule has 7 heteroatoms. The summed E-state index contributed by atoms with van der Waals surface area (Å²) in [5.74, 6) is 0.463. The smallest absolute Gasteiger partial charge is 0.275 e. The van der Waals surface area contributed by atoms with Gasteiger partial charge in [0.15, 0.2) is 5.69 Å². The Morgan fingerprint density at radius 3 is 2.63 bits per heavy atom. The zero-order valence-corrected chi connectivity index (χ0v) is 16.9. The van der Waals surface area contributed by atoms with Crippen LogP contribution in [-0.2, 0) is 24.4 Å². The summed E-state index contributed by atoms with van der Waals surface area (Å²) in [6.07, 6.45) is 3.54. The highest BCUT2D eigenvalue weighted by Crippen LogP contribution is 2.25. The van der Waals surface area contributed by atoms with E-state index in [9.17, 15) is 9.59 Å². The molecule has 1 aromatic carbocycles. The highest BCUT2D eigenvalue weighted by Gasteiger charge is 2.26. The van der Waals surface area contributed by atoms with Gasteiger partial charge in [0.25, 0.3) is 5.91 Å². The maximum absolute atomic E-state index is 12.4. The zero-order valence-electron chi connectivity index (χ0n) is 16.1. The number of carbonyl (C=O) groups excluding carboxylic acids is 2. The van der Waals surface area contributed by atoms with Crippen LogP contribution in [0.3, 0.4) is 0 Å². The van der Waals surface area contributed by atoms with Crippen LogP contribution < -0.4 is 5.32 Å². The molecule has 0 aliphatic carbocycles. The number of hydrogen-bond acceptors (Lipinski definition) is 5. The van der Waals surface area contributed by atoms with E-state index in [4.69, 9.17) is 0 Å². The zero-order chi connectivity index (χ0) is 19.4. The number of aromatic nitrogens is 2. The number of carbonyl (C=O) groups is 2. The van der Waals surface area contributed by atoms with Crippen molar-refractivity contribution in [3.63, 3.8) is 0 Å². The fraction of sp³-hybridized carbons (Fsp3) is 0.500. The van der Waals surface area contributed by atoms with Crippen molar-refractivity contribution in [1.29, 1.82) is 0 Å². The van der Waals surface area contributed by atoms with Crippen LogP contribution in [0.4, 0.5) is 0 Å². The lowest BCUT2D eigenvalue weighted by Gasteiger charge is -2.20. The molecule has 6 nitrogen and oxygen atoms in total. The van der Waals surface area contributed by atoms with Gasteiger partial charge in [-0.3, -0.25) is 9.59 Å². The van der Waals surface area contributed by atoms with Gasteiger partial charge in [-0.25, -0.2) is 0 Å². The summed E-state index contributed by atoms with van der Waals surface area (Å²) in [6.45, 7) is 7.94. The first-order valence-corrected chi connectivity index (χ1v) is 10.2. The summed E-state index contributed by atoms with van der Waals surface area (Å²) in [6, 6.07) is 6.16. The fourth-order valence-electron chi connectivity index (χ4n) is 3.68. The number of nitrogens with zero attached hydrogens (tertiary/aromatic N) is 3. The number of nitrogens with one attached hydrogen (secondary N) is 1. The van der Waals surface area contributed by atoms with E-state index in [1.807, 2.05) is 19.1 Å². The van der Waals surface area contributed by atoms with Gasteiger partial charge in [0.05, 0.1) is 17.9 Å². The molecule has 0 fully saturated rings. The summed E-state index contributed by atoms with van der Waals surface area (Å²) >= 11 is 1.04. The third-order valence-electron chi connectivity index (χ3n) is 5.50. The summed E-state index contributed by atoms with van der Waals surface area (Å²) in [5.41, 5.74) is 3.73. The van der Waals surface area contributed by atoms with Crippen molar-refractivity contribution in [3.05, 3.63) is 46.8 Å². The lowest BCUT2D eigenvalue weighted by molar-refractivity contribution is -0.126. The topological polar surface area (TPSA) is 75.2 Å². The minimum atomic E-state index is -0.0891. The van der Waals surface area contributed by atoms with Gasteiger partial charge in [-0.2, -0.15) is 8.75 Å². The number of benzene rings is 1. The molecule has 1 aliphatic rings. The Labute approximate surface area is 164 Å². The van der Waals surface area contributed by atoms with Crippen molar-refractivity contribution < 1.29 is 9.59 Å². The number of fused-ring (bicyclic) bond motifs is 1. The maximum Gasteiger partial charge on any atom is 0.275 e. The van der Waals surface area contributed by atoms with Crippen molar-refractivity contribution in [2.75, 3.05) is 0 Å². The van der Waals surface area contributed by atoms with E-state index in [-0.39, 0.29) is 17.7 Å². The summed E-state index contributed by atoms with van der Waals surface area (Å²) in [4.78, 5) is 26.6. The van der Waals surface area contributed by atoms with E-state index in [0.29, 0.717) is 31.2 Å². The van der Waals surface area contributed by atoms with Gasteiger partial charge in [-0.05, 0) is 22.6 Å². The molecule has 0 spiro atoms. The van der Waals surface area contributed by atoms with E-state index in [1.54, 1.807) is 4.90 Å². The Kier molecular flexibility index (Phi) is 6.21. The third-order valence-corrected chi connectivity index (χ3v) is 5.97. The molecular weight excluding hydrogens is 360 g/mol. The molecule has 1 aromatic heterocycles. The van der Waals surface area contributed by atoms with Gasteiger partial charge in [0.1, 0.15) is 0 Å². The van der Waals surface area contributed by atoms with Crippen LogP contribution in [0.1, 0.15) is 60.8 Å². The average molecular weight is 387 g/mol. The Bertz CT molecular complexity index is 802. The summed E-state index contributed by atoms with van der Waals surface area (Å²) < 4.78 is 7.93. The molecule has 1 unspecified atom stereocenters. The Morgan fingerprint density at radius 1 is 1.22 bits per heavy atom. The average Bonchev–Trinajstić information content (AvgIpc) is 3.35. The largest absolute Gasteiger partial charge is 0.352 e. The molecule has 2 heterocycles. The second kappa shape index (κ2) is 8.61. The van der Waals surface area contributed by atoms with Crippen LogP contribution in [-0.4, -0.2) is 25.5 Å². The summed E-state index contributed by atoms with van der Waals surface area (Å²) in [7, 11) is 0. The van der Waals surface area contributed by atoms with Gasteiger partial charge < -0.3 is 10.2 Å². The second-order valence-electron chi connectivity index (χ2n) is 7.14. The molecule has 3 rings (SSSR count). The second-order valence-corrected chi connectivity index (χ2v) is 7.70. The molecule has 0 saturated heterocycles. The molecular formula is C20H26N4O2S. The lowest BCUT2D eigenvalue weighted by Crippen LogP contribution is -2.32. The quantitative estimate of drug-likeness (QED) is 0.791. The van der Waals surface area contributed by atoms with Crippen LogP contribution in [0.25, 0.3) is 0 Å². The first-order chi connectivity index (χ1) is 13.0. The molecule has 1 aliphatic heterocycles. The molecule has 0 saturated carbocycles. The third kappa shape index (κ3) is 4.35. The first kappa shape index (κ1) is 19.5. The highest BCUT2D eigenvalue weighted by atomic mass is 32.1. The first-order valence-electron chi connectivity index (χ1n) is 9.48. The Morgan fingerprint density at radius 2 is 1.96 bits per heavy atom. The SMILES string of the molecule is CCC(CC)C(C)C(=O)NCc1ccc2c(c1)CN(C(=O)c1cnsn1)C2. The number of rotatable bonds is 7. The molecule has 1 N–H and O–H groups in total. The van der Waals surface area contributed by atoms with E-state index >= 15 is 0 Å². The van der Waals surface area contributed by atoms with Crippen LogP contribution in [0.15, 0.2) is 24.4 Å². The maximum atomic E-state index is 12.4. The highest BCUT2D eigenvalue weighted by molar-refractivity contribution is 6.99. The van der Waals surface area contributed by atoms with Gasteiger partial charge in [-0.1, -0.05) is 51.8 Å². The van der Waals surface area contributed by atoms with E-state index in [1.165, 1.54) is 6.20 Å². The summed E-state index contributed by atoms with van der Waals surface area (Å²) in [5, 5.41) is 3.06. The minimum Gasteiger partial charge on any atom is -0.352 e. The van der Waals surface area contributed by atoms with Gasteiger partial charge in [-0.15, -0.1) is 0 Å². The van der Waals surface area contributed by atoms with Crippen LogP contribution >= 0.6 is 11.7 Å². The van der Waals surface area contributed by atoms with Crippen LogP contribution in [0, 0.1) is 11.8 Å². The van der Waals surface area contributed by atoms with Crippen molar-refractivity contribution in [1.82, 2.24) is 19.0 Å². The van der Waals surface area contributed by atoms with E-state index in [0.717, 1.165) is 41.3 Å². The van der Waals surface area contributed by atoms with Gasteiger partial charge in [0, 0.05) is 25.6 Å². The molecule has 0 radical (unpaired) electrons. The molecule has 1 atom stereocenters. The predicted molar refractivity (Wildman–Crippen MR) is 105 cm³/mol. The molecule has 2 aromatic rings. The number of amides is 2. The van der Waals surface area contributed by atoms with E-state index < -0.39 is 0 Å². The Hall–Kier alpha value is -2.28. The normalized spacial score (nSPS) is 14.3. The lowest BCUT2D eigenvalue weighted by atomic mass is 9.88. The van der Waals surface area contributed by atoms with E-state index in [2.05, 4.69) is 34.0 Å².